The topological polar surface area (TPSA) is 46.2 Å². The van der Waals surface area contributed by atoms with Crippen LogP contribution in [-0.4, -0.2) is 8.42 Å². The summed E-state index contributed by atoms with van der Waals surface area (Å²) in [5.74, 6) is 0.438. The zero-order valence-electron chi connectivity index (χ0n) is 13.8. The molecule has 0 radical (unpaired) electrons. The molecule has 0 spiro atoms. The fourth-order valence-electron chi connectivity index (χ4n) is 2.48. The number of rotatable bonds is 5. The SMILES string of the molecule is CC(C)c1cccc(C(C)C)c1NS(=O)(=O)c1ccc(Cl)cc1. The molecule has 124 valence electrons. The second kappa shape index (κ2) is 6.93. The fourth-order valence-corrected chi connectivity index (χ4v) is 3.72. The van der Waals surface area contributed by atoms with Crippen LogP contribution >= 0.6 is 11.6 Å². The van der Waals surface area contributed by atoms with E-state index in [9.17, 15) is 8.42 Å². The van der Waals surface area contributed by atoms with Gasteiger partial charge in [-0.05, 0) is 47.2 Å². The summed E-state index contributed by atoms with van der Waals surface area (Å²) in [5.41, 5.74) is 2.68. The molecule has 3 nitrogen and oxygen atoms in total. The van der Waals surface area contributed by atoms with E-state index in [0.717, 1.165) is 11.1 Å². The smallest absolute Gasteiger partial charge is 0.261 e. The molecule has 0 aromatic heterocycles. The maximum Gasteiger partial charge on any atom is 0.261 e. The van der Waals surface area contributed by atoms with Gasteiger partial charge in [0.25, 0.3) is 10.0 Å². The summed E-state index contributed by atoms with van der Waals surface area (Å²) in [7, 11) is -3.65. The summed E-state index contributed by atoms with van der Waals surface area (Å²) < 4.78 is 28.2. The Labute approximate surface area is 143 Å². The standard InChI is InChI=1S/C18H22ClNO2S/c1-12(2)16-6-5-7-17(13(3)4)18(16)20-23(21,22)15-10-8-14(19)9-11-15/h5-13,20H,1-4H3. The summed E-state index contributed by atoms with van der Waals surface area (Å²) in [4.78, 5) is 0.204. The molecule has 0 heterocycles. The van der Waals surface area contributed by atoms with Crippen LogP contribution in [-0.2, 0) is 10.0 Å². The number of hydrogen-bond acceptors (Lipinski definition) is 2. The first-order chi connectivity index (χ1) is 10.7. The summed E-state index contributed by atoms with van der Waals surface area (Å²) in [6.45, 7) is 8.22. The van der Waals surface area contributed by atoms with Crippen LogP contribution in [0.3, 0.4) is 0 Å². The molecule has 0 saturated heterocycles. The van der Waals surface area contributed by atoms with Gasteiger partial charge in [-0.3, -0.25) is 4.72 Å². The molecule has 23 heavy (non-hydrogen) atoms. The molecule has 0 saturated carbocycles. The van der Waals surface area contributed by atoms with E-state index in [1.807, 2.05) is 18.2 Å². The number of sulfonamides is 1. The summed E-state index contributed by atoms with van der Waals surface area (Å²) in [5, 5.41) is 0.509. The lowest BCUT2D eigenvalue weighted by Gasteiger charge is -2.20. The molecule has 0 aliphatic heterocycles. The lowest BCUT2D eigenvalue weighted by molar-refractivity contribution is 0.601. The Morgan fingerprint density at radius 3 is 1.78 bits per heavy atom. The van der Waals surface area contributed by atoms with E-state index in [-0.39, 0.29) is 16.7 Å². The lowest BCUT2D eigenvalue weighted by Crippen LogP contribution is -2.16. The van der Waals surface area contributed by atoms with Gasteiger partial charge in [0.15, 0.2) is 0 Å². The molecule has 0 aliphatic carbocycles. The number of halogens is 1. The monoisotopic (exact) mass is 351 g/mol. The van der Waals surface area contributed by atoms with Gasteiger partial charge in [-0.2, -0.15) is 0 Å². The van der Waals surface area contributed by atoms with E-state index in [1.54, 1.807) is 12.1 Å². The minimum absolute atomic E-state index is 0.204. The maximum atomic E-state index is 12.7. The van der Waals surface area contributed by atoms with Gasteiger partial charge >= 0.3 is 0 Å². The Morgan fingerprint density at radius 2 is 1.35 bits per heavy atom. The Morgan fingerprint density at radius 1 is 0.870 bits per heavy atom. The first-order valence-corrected chi connectivity index (χ1v) is 9.49. The minimum Gasteiger partial charge on any atom is -0.279 e. The molecule has 0 unspecified atom stereocenters. The molecule has 1 N–H and O–H groups in total. The van der Waals surface area contributed by atoms with Crippen molar-refractivity contribution in [2.75, 3.05) is 4.72 Å². The third-order valence-electron chi connectivity index (χ3n) is 3.73. The zero-order chi connectivity index (χ0) is 17.2. The molecular weight excluding hydrogens is 330 g/mol. The molecule has 2 aromatic rings. The van der Waals surface area contributed by atoms with Gasteiger partial charge in [-0.15, -0.1) is 0 Å². The van der Waals surface area contributed by atoms with Gasteiger partial charge in [-0.25, -0.2) is 8.42 Å². The predicted molar refractivity (Wildman–Crippen MR) is 96.9 cm³/mol. The van der Waals surface area contributed by atoms with Crippen molar-refractivity contribution in [1.82, 2.24) is 0 Å². The van der Waals surface area contributed by atoms with Gasteiger partial charge < -0.3 is 0 Å². The first kappa shape index (κ1) is 17.8. The predicted octanol–water partition coefficient (Wildman–Crippen LogP) is 5.39. The van der Waals surface area contributed by atoms with Crippen LogP contribution in [0.2, 0.25) is 5.02 Å². The molecule has 0 aliphatic rings. The number of hydrogen-bond donors (Lipinski definition) is 1. The Kier molecular flexibility index (Phi) is 5.37. The average Bonchev–Trinajstić information content (AvgIpc) is 2.47. The Bertz CT molecular complexity index is 755. The number of para-hydroxylation sites is 1. The van der Waals surface area contributed by atoms with Crippen LogP contribution in [0.5, 0.6) is 0 Å². The van der Waals surface area contributed by atoms with Crippen LogP contribution < -0.4 is 4.72 Å². The highest BCUT2D eigenvalue weighted by Gasteiger charge is 2.20. The van der Waals surface area contributed by atoms with Crippen LogP contribution in [0, 0.1) is 0 Å². The van der Waals surface area contributed by atoms with Crippen LogP contribution in [0.25, 0.3) is 0 Å². The summed E-state index contributed by atoms with van der Waals surface area (Å²) in [6, 6.07) is 12.1. The molecule has 0 bridgehead atoms. The Balaban J connectivity index is 2.52. The quantitative estimate of drug-likeness (QED) is 0.785. The van der Waals surface area contributed by atoms with E-state index >= 15 is 0 Å². The van der Waals surface area contributed by atoms with E-state index < -0.39 is 10.0 Å². The van der Waals surface area contributed by atoms with Gasteiger partial charge in [0, 0.05) is 5.02 Å². The highest BCUT2D eigenvalue weighted by atomic mass is 35.5. The summed E-state index contributed by atoms with van der Waals surface area (Å²) >= 11 is 5.84. The highest BCUT2D eigenvalue weighted by Crippen LogP contribution is 2.34. The van der Waals surface area contributed by atoms with E-state index in [1.165, 1.54) is 12.1 Å². The van der Waals surface area contributed by atoms with Crippen LogP contribution in [0.15, 0.2) is 47.4 Å². The number of benzene rings is 2. The van der Waals surface area contributed by atoms with Gasteiger partial charge in [-0.1, -0.05) is 57.5 Å². The van der Waals surface area contributed by atoms with Gasteiger partial charge in [0.2, 0.25) is 0 Å². The third-order valence-corrected chi connectivity index (χ3v) is 5.35. The highest BCUT2D eigenvalue weighted by molar-refractivity contribution is 7.92. The van der Waals surface area contributed by atoms with Gasteiger partial charge in [0.1, 0.15) is 0 Å². The second-order valence-corrected chi connectivity index (χ2v) is 8.30. The molecule has 0 atom stereocenters. The van der Waals surface area contributed by atoms with E-state index in [2.05, 4.69) is 32.4 Å². The molecule has 0 amide bonds. The van der Waals surface area contributed by atoms with E-state index in [4.69, 9.17) is 11.6 Å². The molecular formula is C18H22ClNO2S. The second-order valence-electron chi connectivity index (χ2n) is 6.18. The minimum atomic E-state index is -3.65. The van der Waals surface area contributed by atoms with Crippen molar-refractivity contribution in [2.45, 2.75) is 44.4 Å². The lowest BCUT2D eigenvalue weighted by atomic mass is 9.93. The van der Waals surface area contributed by atoms with Crippen molar-refractivity contribution in [1.29, 1.82) is 0 Å². The average molecular weight is 352 g/mol. The molecule has 5 heteroatoms. The maximum absolute atomic E-state index is 12.7. The fraction of sp³-hybridized carbons (Fsp3) is 0.333. The van der Waals surface area contributed by atoms with Crippen molar-refractivity contribution >= 4 is 27.3 Å². The number of anilines is 1. The zero-order valence-corrected chi connectivity index (χ0v) is 15.4. The molecule has 2 rings (SSSR count). The largest absolute Gasteiger partial charge is 0.279 e. The van der Waals surface area contributed by atoms with Crippen molar-refractivity contribution in [3.8, 4) is 0 Å². The van der Waals surface area contributed by atoms with Crippen molar-refractivity contribution in [3.05, 3.63) is 58.6 Å². The third kappa shape index (κ3) is 4.06. The normalized spacial score (nSPS) is 12.0. The van der Waals surface area contributed by atoms with Gasteiger partial charge in [0.05, 0.1) is 10.6 Å². The first-order valence-electron chi connectivity index (χ1n) is 7.63. The Hall–Kier alpha value is -1.52. The van der Waals surface area contributed by atoms with Crippen molar-refractivity contribution in [2.24, 2.45) is 0 Å². The number of nitrogens with one attached hydrogen (secondary N) is 1. The van der Waals surface area contributed by atoms with Crippen LogP contribution in [0.4, 0.5) is 5.69 Å². The van der Waals surface area contributed by atoms with E-state index in [0.29, 0.717) is 10.7 Å². The van der Waals surface area contributed by atoms with Crippen molar-refractivity contribution < 1.29 is 8.42 Å². The summed E-state index contributed by atoms with van der Waals surface area (Å²) in [6.07, 6.45) is 0. The van der Waals surface area contributed by atoms with Crippen LogP contribution in [0.1, 0.15) is 50.7 Å². The molecule has 0 fully saturated rings. The van der Waals surface area contributed by atoms with Crippen molar-refractivity contribution in [3.63, 3.8) is 0 Å². The molecule has 2 aromatic carbocycles.